The summed E-state index contributed by atoms with van der Waals surface area (Å²) in [6.07, 6.45) is 0. The summed E-state index contributed by atoms with van der Waals surface area (Å²) in [6.45, 7) is 6.08. The molecular weight excluding hydrogens is 258 g/mol. The maximum Gasteiger partial charge on any atom is 0.122 e. The minimum Gasteiger partial charge on any atom is -0.496 e. The second-order valence-electron chi connectivity index (χ2n) is 4.40. The largest absolute Gasteiger partial charge is 0.496 e. The van der Waals surface area contributed by atoms with E-state index in [0.717, 1.165) is 30.4 Å². The molecule has 0 aliphatic heterocycles. The van der Waals surface area contributed by atoms with E-state index in [1.807, 2.05) is 11.8 Å². The summed E-state index contributed by atoms with van der Waals surface area (Å²) in [5, 5.41) is 3.44. The predicted molar refractivity (Wildman–Crippen MR) is 83.1 cm³/mol. The third kappa shape index (κ3) is 5.43. The molecule has 3 nitrogen and oxygen atoms in total. The topological polar surface area (TPSA) is 30.5 Å². The van der Waals surface area contributed by atoms with Crippen molar-refractivity contribution >= 4 is 11.8 Å². The van der Waals surface area contributed by atoms with Crippen LogP contribution in [0.3, 0.4) is 0 Å². The number of hydrogen-bond acceptors (Lipinski definition) is 4. The van der Waals surface area contributed by atoms with Gasteiger partial charge in [0, 0.05) is 30.2 Å². The maximum atomic E-state index is 5.43. The van der Waals surface area contributed by atoms with E-state index in [2.05, 4.69) is 37.4 Å². The van der Waals surface area contributed by atoms with E-state index in [-0.39, 0.29) is 0 Å². The van der Waals surface area contributed by atoms with Gasteiger partial charge < -0.3 is 14.8 Å². The fraction of sp³-hybridized carbons (Fsp3) is 0.600. The number of hydrogen-bond donors (Lipinski definition) is 1. The van der Waals surface area contributed by atoms with Crippen LogP contribution in [0, 0.1) is 0 Å². The molecule has 0 saturated carbocycles. The van der Waals surface area contributed by atoms with Crippen LogP contribution >= 0.6 is 11.8 Å². The van der Waals surface area contributed by atoms with Crippen LogP contribution in [-0.4, -0.2) is 33.1 Å². The molecular formula is C15H25NO2S. The molecule has 0 amide bonds. The highest BCUT2D eigenvalue weighted by molar-refractivity contribution is 7.98. The van der Waals surface area contributed by atoms with Crippen LogP contribution in [0.5, 0.6) is 5.75 Å². The molecule has 0 bridgehead atoms. The molecule has 0 aromatic heterocycles. The monoisotopic (exact) mass is 283 g/mol. The number of benzene rings is 1. The first-order valence-corrected chi connectivity index (χ1v) is 7.85. The first-order chi connectivity index (χ1) is 9.22. The molecule has 1 unspecified atom stereocenters. The fourth-order valence-electron chi connectivity index (χ4n) is 1.93. The SMILES string of the molecule is CCNC(C)c1ccc(OC)c(CSCCOC)c1. The van der Waals surface area contributed by atoms with Gasteiger partial charge in [-0.25, -0.2) is 0 Å². The highest BCUT2D eigenvalue weighted by Crippen LogP contribution is 2.26. The molecule has 108 valence electrons. The van der Waals surface area contributed by atoms with E-state index in [0.29, 0.717) is 6.04 Å². The second-order valence-corrected chi connectivity index (χ2v) is 5.50. The van der Waals surface area contributed by atoms with Gasteiger partial charge in [0.1, 0.15) is 5.75 Å². The Morgan fingerprint density at radius 1 is 1.32 bits per heavy atom. The second kappa shape index (κ2) is 9.23. The summed E-state index contributed by atoms with van der Waals surface area (Å²) in [7, 11) is 3.46. The maximum absolute atomic E-state index is 5.43. The number of thioether (sulfide) groups is 1. The molecule has 0 aliphatic rings. The molecule has 1 N–H and O–H groups in total. The smallest absolute Gasteiger partial charge is 0.122 e. The average molecular weight is 283 g/mol. The first kappa shape index (κ1) is 16.3. The van der Waals surface area contributed by atoms with Gasteiger partial charge in [0.2, 0.25) is 0 Å². The summed E-state index contributed by atoms with van der Waals surface area (Å²) in [6, 6.07) is 6.82. The zero-order chi connectivity index (χ0) is 14.1. The van der Waals surface area contributed by atoms with Crippen LogP contribution in [0.25, 0.3) is 0 Å². The van der Waals surface area contributed by atoms with Gasteiger partial charge in [-0.05, 0) is 31.2 Å². The molecule has 0 radical (unpaired) electrons. The zero-order valence-electron chi connectivity index (χ0n) is 12.4. The summed E-state index contributed by atoms with van der Waals surface area (Å²) in [5.41, 5.74) is 2.57. The standard InChI is InChI=1S/C15H25NO2S/c1-5-16-12(2)13-6-7-15(18-4)14(10-13)11-19-9-8-17-3/h6-7,10,12,16H,5,8-9,11H2,1-4H3. The molecule has 0 aliphatic carbocycles. The van der Waals surface area contributed by atoms with E-state index < -0.39 is 0 Å². The molecule has 0 spiro atoms. The van der Waals surface area contributed by atoms with Crippen LogP contribution in [0.2, 0.25) is 0 Å². The molecule has 4 heteroatoms. The van der Waals surface area contributed by atoms with Crippen molar-refractivity contribution in [3.05, 3.63) is 29.3 Å². The van der Waals surface area contributed by atoms with Crippen molar-refractivity contribution in [3.63, 3.8) is 0 Å². The van der Waals surface area contributed by atoms with E-state index in [4.69, 9.17) is 9.47 Å². The molecule has 0 fully saturated rings. The van der Waals surface area contributed by atoms with Crippen molar-refractivity contribution < 1.29 is 9.47 Å². The number of methoxy groups -OCH3 is 2. The van der Waals surface area contributed by atoms with Crippen molar-refractivity contribution in [1.82, 2.24) is 5.32 Å². The average Bonchev–Trinajstić information content (AvgIpc) is 2.43. The summed E-state index contributed by atoms with van der Waals surface area (Å²) in [5.74, 6) is 2.93. The number of ether oxygens (including phenoxy) is 2. The Kier molecular flexibility index (Phi) is 7.94. The molecule has 19 heavy (non-hydrogen) atoms. The lowest BCUT2D eigenvalue weighted by atomic mass is 10.0. The third-order valence-electron chi connectivity index (χ3n) is 3.00. The van der Waals surface area contributed by atoms with Crippen molar-refractivity contribution in [3.8, 4) is 5.75 Å². The summed E-state index contributed by atoms with van der Waals surface area (Å²) < 4.78 is 10.5. The van der Waals surface area contributed by atoms with Gasteiger partial charge in [-0.1, -0.05) is 13.0 Å². The summed E-state index contributed by atoms with van der Waals surface area (Å²) >= 11 is 1.87. The molecule has 1 rings (SSSR count). The Labute approximate surface area is 121 Å². The molecule has 1 aromatic carbocycles. The lowest BCUT2D eigenvalue weighted by Gasteiger charge is -2.16. The quantitative estimate of drug-likeness (QED) is 0.705. The zero-order valence-corrected chi connectivity index (χ0v) is 13.2. The van der Waals surface area contributed by atoms with Gasteiger partial charge >= 0.3 is 0 Å². The normalized spacial score (nSPS) is 12.4. The third-order valence-corrected chi connectivity index (χ3v) is 3.97. The number of nitrogens with one attached hydrogen (secondary N) is 1. The highest BCUT2D eigenvalue weighted by atomic mass is 32.2. The summed E-state index contributed by atoms with van der Waals surface area (Å²) in [4.78, 5) is 0. The van der Waals surface area contributed by atoms with Crippen LogP contribution in [-0.2, 0) is 10.5 Å². The van der Waals surface area contributed by atoms with Crippen molar-refractivity contribution in [1.29, 1.82) is 0 Å². The Morgan fingerprint density at radius 2 is 2.11 bits per heavy atom. The first-order valence-electron chi connectivity index (χ1n) is 6.69. The molecule has 0 heterocycles. The van der Waals surface area contributed by atoms with Crippen molar-refractivity contribution in [2.75, 3.05) is 33.1 Å². The van der Waals surface area contributed by atoms with Crippen LogP contribution < -0.4 is 10.1 Å². The van der Waals surface area contributed by atoms with Gasteiger partial charge in [0.15, 0.2) is 0 Å². The van der Waals surface area contributed by atoms with Crippen LogP contribution in [0.15, 0.2) is 18.2 Å². The Morgan fingerprint density at radius 3 is 2.74 bits per heavy atom. The van der Waals surface area contributed by atoms with E-state index in [1.165, 1.54) is 11.1 Å². The minimum absolute atomic E-state index is 0.374. The minimum atomic E-state index is 0.374. The number of rotatable bonds is 9. The van der Waals surface area contributed by atoms with E-state index in [9.17, 15) is 0 Å². The Balaban J connectivity index is 2.72. The Hall–Kier alpha value is -0.710. The van der Waals surface area contributed by atoms with Gasteiger partial charge in [0.25, 0.3) is 0 Å². The fourth-order valence-corrected chi connectivity index (χ4v) is 2.80. The van der Waals surface area contributed by atoms with Gasteiger partial charge in [-0.15, -0.1) is 0 Å². The van der Waals surface area contributed by atoms with Crippen LogP contribution in [0.4, 0.5) is 0 Å². The lowest BCUT2D eigenvalue weighted by Crippen LogP contribution is -2.17. The lowest BCUT2D eigenvalue weighted by molar-refractivity contribution is 0.218. The van der Waals surface area contributed by atoms with Crippen molar-refractivity contribution in [2.45, 2.75) is 25.6 Å². The molecule has 1 atom stereocenters. The van der Waals surface area contributed by atoms with Gasteiger partial charge in [0.05, 0.1) is 13.7 Å². The predicted octanol–water partition coefficient (Wildman–Crippen LogP) is 3.25. The van der Waals surface area contributed by atoms with E-state index >= 15 is 0 Å². The van der Waals surface area contributed by atoms with Crippen molar-refractivity contribution in [2.24, 2.45) is 0 Å². The van der Waals surface area contributed by atoms with E-state index in [1.54, 1.807) is 14.2 Å². The van der Waals surface area contributed by atoms with Gasteiger partial charge in [-0.2, -0.15) is 11.8 Å². The van der Waals surface area contributed by atoms with Crippen LogP contribution in [0.1, 0.15) is 31.0 Å². The highest BCUT2D eigenvalue weighted by Gasteiger charge is 2.09. The van der Waals surface area contributed by atoms with Gasteiger partial charge in [-0.3, -0.25) is 0 Å². The Bertz CT molecular complexity index is 371. The molecule has 1 aromatic rings. The molecule has 0 saturated heterocycles.